The van der Waals surface area contributed by atoms with Gasteiger partial charge in [-0.15, -0.1) is 0 Å². The van der Waals surface area contributed by atoms with Gasteiger partial charge >= 0.3 is 46.3 Å². The summed E-state index contributed by atoms with van der Waals surface area (Å²) in [7, 11) is -3.79. The van der Waals surface area contributed by atoms with E-state index in [4.69, 9.17) is 26.3 Å². The van der Waals surface area contributed by atoms with Gasteiger partial charge < -0.3 is 0 Å². The van der Waals surface area contributed by atoms with Crippen LogP contribution < -0.4 is 0 Å². The molecule has 0 aromatic rings. The molecule has 3 N–H and O–H groups in total. The van der Waals surface area contributed by atoms with Crippen LogP contribution in [-0.4, -0.2) is 26.7 Å². The molecule has 0 aromatic carbocycles. The number of rotatable bonds is 2. The minimum absolute atomic E-state index is 0.0887. The zero-order valence-corrected chi connectivity index (χ0v) is 5.39. The fraction of sp³-hybridized carbons (Fsp3) is 1.00. The Morgan fingerprint density at radius 1 is 1.29 bits per heavy atom. The molecule has 0 spiro atoms. The Labute approximate surface area is 47.1 Å². The first kappa shape index (κ1) is 7.60. The van der Waals surface area contributed by atoms with E-state index in [1.165, 1.54) is 0 Å². The van der Waals surface area contributed by atoms with Gasteiger partial charge in [0.05, 0.1) is 0 Å². The van der Waals surface area contributed by atoms with E-state index in [0.717, 1.165) is 0 Å². The van der Waals surface area contributed by atoms with E-state index in [0.29, 0.717) is 0 Å². The SMILES string of the molecule is O[PH](O)(O)CCCl. The van der Waals surface area contributed by atoms with Crippen molar-refractivity contribution in [3.8, 4) is 0 Å². The molecule has 0 aliphatic rings. The standard InChI is InChI=1S/C2H8ClO3P/c3-1-2-7(4,5)6/h4-7H,1-2H2. The van der Waals surface area contributed by atoms with E-state index >= 15 is 0 Å². The van der Waals surface area contributed by atoms with Crippen LogP contribution in [0.1, 0.15) is 0 Å². The molecule has 0 aliphatic heterocycles. The molecule has 0 atom stereocenters. The van der Waals surface area contributed by atoms with Gasteiger partial charge in [-0.25, -0.2) is 0 Å². The molecule has 0 unspecified atom stereocenters. The van der Waals surface area contributed by atoms with Crippen LogP contribution in [0.25, 0.3) is 0 Å². The molecule has 7 heavy (non-hydrogen) atoms. The van der Waals surface area contributed by atoms with Gasteiger partial charge in [-0.1, -0.05) is 0 Å². The van der Waals surface area contributed by atoms with Crippen LogP contribution in [0.4, 0.5) is 0 Å². The van der Waals surface area contributed by atoms with Gasteiger partial charge in [-0.05, 0) is 0 Å². The van der Waals surface area contributed by atoms with E-state index in [-0.39, 0.29) is 12.0 Å². The average molecular weight is 147 g/mol. The molecule has 0 rings (SSSR count). The fourth-order valence-electron chi connectivity index (χ4n) is 0.127. The summed E-state index contributed by atoms with van der Waals surface area (Å²) in [6.07, 6.45) is -0.0887. The van der Waals surface area contributed by atoms with Crippen molar-refractivity contribution in [2.45, 2.75) is 0 Å². The second-order valence-electron chi connectivity index (χ2n) is 1.21. The van der Waals surface area contributed by atoms with Crippen molar-refractivity contribution in [2.75, 3.05) is 12.0 Å². The van der Waals surface area contributed by atoms with Crippen molar-refractivity contribution in [2.24, 2.45) is 0 Å². The van der Waals surface area contributed by atoms with Crippen LogP contribution in [0.15, 0.2) is 0 Å². The summed E-state index contributed by atoms with van der Waals surface area (Å²) in [5, 5.41) is 0. The molecule has 0 aliphatic carbocycles. The van der Waals surface area contributed by atoms with E-state index in [1.54, 1.807) is 0 Å². The van der Waals surface area contributed by atoms with Gasteiger partial charge in [0.1, 0.15) is 0 Å². The second kappa shape index (κ2) is 2.80. The number of alkyl halides is 1. The Morgan fingerprint density at radius 3 is 1.71 bits per heavy atom. The third-order valence-corrected chi connectivity index (χ3v) is 1.86. The third kappa shape index (κ3) is 6.60. The number of hydrogen-bond acceptors (Lipinski definition) is 3. The molecular weight excluding hydrogens is 138 g/mol. The van der Waals surface area contributed by atoms with Gasteiger partial charge in [-0.2, -0.15) is 0 Å². The summed E-state index contributed by atoms with van der Waals surface area (Å²) in [5.74, 6) is 0.0930. The Kier molecular flexibility index (Phi) is 3.04. The zero-order chi connectivity index (χ0) is 5.91. The molecule has 46 valence electrons. The number of hydrogen-bond donors (Lipinski definition) is 3. The van der Waals surface area contributed by atoms with E-state index in [2.05, 4.69) is 0 Å². The molecule has 0 fully saturated rings. The molecule has 0 amide bonds. The molecule has 3 nitrogen and oxygen atoms in total. The normalized spacial score (nSPS) is 14.3. The summed E-state index contributed by atoms with van der Waals surface area (Å²) < 4.78 is 0. The second-order valence-corrected chi connectivity index (χ2v) is 3.64. The van der Waals surface area contributed by atoms with Gasteiger partial charge in [0, 0.05) is 0 Å². The summed E-state index contributed by atoms with van der Waals surface area (Å²) in [6.45, 7) is 0. The average Bonchev–Trinajstić information content (AvgIpc) is 1.30. The van der Waals surface area contributed by atoms with Crippen LogP contribution in [-0.2, 0) is 0 Å². The predicted molar refractivity (Wildman–Crippen MR) is 30.6 cm³/mol. The van der Waals surface area contributed by atoms with Crippen molar-refractivity contribution >= 4 is 19.5 Å². The maximum absolute atomic E-state index is 8.18. The molecule has 0 radical (unpaired) electrons. The van der Waals surface area contributed by atoms with Crippen molar-refractivity contribution in [3.63, 3.8) is 0 Å². The Morgan fingerprint density at radius 2 is 1.71 bits per heavy atom. The Bertz CT molecular complexity index is 51.4. The molecule has 0 heterocycles. The van der Waals surface area contributed by atoms with Gasteiger partial charge in [0.15, 0.2) is 0 Å². The first-order valence-corrected chi connectivity index (χ1v) is 4.37. The topological polar surface area (TPSA) is 60.7 Å². The van der Waals surface area contributed by atoms with Gasteiger partial charge in [0.25, 0.3) is 0 Å². The monoisotopic (exact) mass is 146 g/mol. The first-order chi connectivity index (χ1) is 3.06. The van der Waals surface area contributed by atoms with Crippen LogP contribution in [0.2, 0.25) is 0 Å². The summed E-state index contributed by atoms with van der Waals surface area (Å²) in [5.41, 5.74) is 0. The molecule has 0 aromatic heterocycles. The third-order valence-electron chi connectivity index (χ3n) is 0.430. The predicted octanol–water partition coefficient (Wildman–Crippen LogP) is -0.303. The molecule has 0 bridgehead atoms. The van der Waals surface area contributed by atoms with Crippen LogP contribution in [0.5, 0.6) is 0 Å². The number of halogens is 1. The minimum atomic E-state index is -3.79. The van der Waals surface area contributed by atoms with Crippen LogP contribution >= 0.6 is 19.5 Å². The van der Waals surface area contributed by atoms with E-state index < -0.39 is 7.94 Å². The quantitative estimate of drug-likeness (QED) is 0.370. The summed E-state index contributed by atoms with van der Waals surface area (Å²) in [6, 6.07) is 0. The van der Waals surface area contributed by atoms with Crippen molar-refractivity contribution < 1.29 is 14.7 Å². The van der Waals surface area contributed by atoms with Crippen LogP contribution in [0, 0.1) is 0 Å². The fourth-order valence-corrected chi connectivity index (χ4v) is 1.14. The molecular formula is C2H8ClO3P. The molecule has 5 heteroatoms. The van der Waals surface area contributed by atoms with Gasteiger partial charge in [-0.3, -0.25) is 0 Å². The van der Waals surface area contributed by atoms with E-state index in [1.807, 2.05) is 0 Å². The molecule has 0 saturated carbocycles. The zero-order valence-electron chi connectivity index (χ0n) is 3.63. The maximum atomic E-state index is 8.18. The summed E-state index contributed by atoms with van der Waals surface area (Å²) in [4.78, 5) is 24.5. The molecule has 0 saturated heterocycles. The van der Waals surface area contributed by atoms with Crippen LogP contribution in [0.3, 0.4) is 0 Å². The first-order valence-electron chi connectivity index (χ1n) is 1.79. The Balaban J connectivity index is 3.15. The van der Waals surface area contributed by atoms with Crippen molar-refractivity contribution in [3.05, 3.63) is 0 Å². The van der Waals surface area contributed by atoms with Crippen molar-refractivity contribution in [1.29, 1.82) is 0 Å². The Hall–Kier alpha value is 0.600. The van der Waals surface area contributed by atoms with Gasteiger partial charge in [0.2, 0.25) is 0 Å². The van der Waals surface area contributed by atoms with Crippen molar-refractivity contribution in [1.82, 2.24) is 0 Å². The van der Waals surface area contributed by atoms with E-state index in [9.17, 15) is 0 Å². The summed E-state index contributed by atoms with van der Waals surface area (Å²) >= 11 is 5.04.